The summed E-state index contributed by atoms with van der Waals surface area (Å²) in [4.78, 5) is 24.9. The molecule has 2 N–H and O–H groups in total. The van der Waals surface area contributed by atoms with Crippen molar-refractivity contribution in [3.8, 4) is 0 Å². The number of furan rings is 1. The first-order chi connectivity index (χ1) is 14.5. The lowest BCUT2D eigenvalue weighted by atomic mass is 9.98. The number of sulfonamides is 1. The third-order valence-corrected chi connectivity index (χ3v) is 8.30. The largest absolute Gasteiger partial charge is 0.469 e. The monoisotopic (exact) mass is 447 g/mol. The van der Waals surface area contributed by atoms with Crippen LogP contribution in [0.25, 0.3) is 0 Å². The van der Waals surface area contributed by atoms with Crippen molar-refractivity contribution in [2.75, 3.05) is 13.1 Å². The van der Waals surface area contributed by atoms with E-state index in [9.17, 15) is 18.0 Å². The highest BCUT2D eigenvalue weighted by Gasteiger charge is 2.34. The lowest BCUT2D eigenvalue weighted by Gasteiger charge is -2.31. The van der Waals surface area contributed by atoms with E-state index in [0.717, 1.165) is 22.3 Å². The lowest BCUT2D eigenvalue weighted by Crippen LogP contribution is -2.48. The Hall–Kier alpha value is -2.65. The summed E-state index contributed by atoms with van der Waals surface area (Å²) in [6, 6.07) is 3.52. The number of rotatable bonds is 4. The van der Waals surface area contributed by atoms with Crippen molar-refractivity contribution in [1.29, 1.82) is 0 Å². The maximum atomic E-state index is 13.3. The molecule has 1 aromatic heterocycles. The van der Waals surface area contributed by atoms with Crippen molar-refractivity contribution in [3.05, 3.63) is 52.0 Å². The standard InChI is InChI=1S/C22H29N3O5S/c1-13-12-14(2)16(4)20(15(13)3)31(28,29)25-9-6-18(7-10-25)21(26)23-24-22(27)19-8-11-30-17(19)5/h8,11-12,18H,6-7,9-10H2,1-5H3,(H,23,26)(H,24,27). The van der Waals surface area contributed by atoms with Gasteiger partial charge >= 0.3 is 0 Å². The Kier molecular flexibility index (Phi) is 6.56. The molecule has 1 saturated heterocycles. The fourth-order valence-corrected chi connectivity index (χ4v) is 6.01. The van der Waals surface area contributed by atoms with Gasteiger partial charge in [0.2, 0.25) is 15.9 Å². The molecule has 1 aromatic carbocycles. The maximum Gasteiger partial charge on any atom is 0.273 e. The van der Waals surface area contributed by atoms with Gasteiger partial charge in [0.1, 0.15) is 5.76 Å². The number of nitrogens with zero attached hydrogens (tertiary/aromatic N) is 1. The molecule has 0 saturated carbocycles. The van der Waals surface area contributed by atoms with Gasteiger partial charge in [-0.3, -0.25) is 20.4 Å². The summed E-state index contributed by atoms with van der Waals surface area (Å²) in [7, 11) is -3.66. The van der Waals surface area contributed by atoms with Gasteiger partial charge in [-0.2, -0.15) is 4.31 Å². The van der Waals surface area contributed by atoms with E-state index in [2.05, 4.69) is 10.9 Å². The van der Waals surface area contributed by atoms with E-state index < -0.39 is 15.9 Å². The molecule has 3 rings (SSSR count). The molecule has 0 atom stereocenters. The quantitative estimate of drug-likeness (QED) is 0.701. The number of nitrogens with one attached hydrogen (secondary N) is 2. The second-order valence-corrected chi connectivity index (χ2v) is 9.98. The summed E-state index contributed by atoms with van der Waals surface area (Å²) in [6.07, 6.45) is 2.17. The second kappa shape index (κ2) is 8.84. The van der Waals surface area contributed by atoms with Gasteiger partial charge in [0.05, 0.1) is 16.7 Å². The number of carbonyl (C=O) groups excluding carboxylic acids is 2. The van der Waals surface area contributed by atoms with E-state index in [-0.39, 0.29) is 24.9 Å². The molecule has 9 heteroatoms. The zero-order valence-electron chi connectivity index (χ0n) is 18.5. The molecule has 168 valence electrons. The van der Waals surface area contributed by atoms with Crippen molar-refractivity contribution in [1.82, 2.24) is 15.2 Å². The zero-order chi connectivity index (χ0) is 22.9. The average molecular weight is 448 g/mol. The number of amides is 2. The van der Waals surface area contributed by atoms with Crippen LogP contribution in [0.3, 0.4) is 0 Å². The molecule has 2 heterocycles. The van der Waals surface area contributed by atoms with Crippen LogP contribution in [0.15, 0.2) is 27.7 Å². The molecule has 0 bridgehead atoms. The summed E-state index contributed by atoms with van der Waals surface area (Å²) in [5.41, 5.74) is 8.59. The number of hydrazine groups is 1. The zero-order valence-corrected chi connectivity index (χ0v) is 19.4. The molecule has 1 aliphatic rings. The first-order valence-electron chi connectivity index (χ1n) is 10.3. The predicted molar refractivity (Wildman–Crippen MR) is 116 cm³/mol. The van der Waals surface area contributed by atoms with Crippen LogP contribution < -0.4 is 10.9 Å². The van der Waals surface area contributed by atoms with Crippen molar-refractivity contribution in [3.63, 3.8) is 0 Å². The van der Waals surface area contributed by atoms with Crippen LogP contribution in [-0.4, -0.2) is 37.6 Å². The van der Waals surface area contributed by atoms with Gasteiger partial charge in [0, 0.05) is 19.0 Å². The first-order valence-corrected chi connectivity index (χ1v) is 11.7. The second-order valence-electron chi connectivity index (χ2n) is 8.10. The Morgan fingerprint density at radius 2 is 1.58 bits per heavy atom. The Labute approximate surface area is 183 Å². The van der Waals surface area contributed by atoms with Crippen molar-refractivity contribution >= 4 is 21.8 Å². The maximum absolute atomic E-state index is 13.3. The van der Waals surface area contributed by atoms with Crippen molar-refractivity contribution < 1.29 is 22.4 Å². The van der Waals surface area contributed by atoms with Crippen LogP contribution in [0.2, 0.25) is 0 Å². The van der Waals surface area contributed by atoms with Crippen LogP contribution >= 0.6 is 0 Å². The number of benzene rings is 1. The van der Waals surface area contributed by atoms with Gasteiger partial charge in [-0.05, 0) is 75.8 Å². The summed E-state index contributed by atoms with van der Waals surface area (Å²) in [6.45, 7) is 9.65. The molecule has 1 aliphatic heterocycles. The smallest absolute Gasteiger partial charge is 0.273 e. The molecule has 0 radical (unpaired) electrons. The summed E-state index contributed by atoms with van der Waals surface area (Å²) < 4.78 is 33.2. The normalized spacial score (nSPS) is 15.6. The SMILES string of the molecule is Cc1cc(C)c(C)c(S(=O)(=O)N2CCC(C(=O)NNC(=O)c3ccoc3C)CC2)c1C. The van der Waals surface area contributed by atoms with Gasteiger partial charge in [0.25, 0.3) is 5.91 Å². The number of hydrogen-bond acceptors (Lipinski definition) is 5. The predicted octanol–water partition coefficient (Wildman–Crippen LogP) is 2.68. The van der Waals surface area contributed by atoms with E-state index >= 15 is 0 Å². The average Bonchev–Trinajstić information content (AvgIpc) is 3.16. The molecular weight excluding hydrogens is 418 g/mol. The van der Waals surface area contributed by atoms with Crippen LogP contribution in [0.4, 0.5) is 0 Å². The summed E-state index contributed by atoms with van der Waals surface area (Å²) in [5.74, 6) is -0.702. The molecule has 2 aromatic rings. The fraction of sp³-hybridized carbons (Fsp3) is 0.455. The Morgan fingerprint density at radius 1 is 1.00 bits per heavy atom. The summed E-state index contributed by atoms with van der Waals surface area (Å²) in [5, 5.41) is 0. The molecular formula is C22H29N3O5S. The minimum Gasteiger partial charge on any atom is -0.469 e. The molecule has 8 nitrogen and oxygen atoms in total. The van der Waals surface area contributed by atoms with Crippen LogP contribution in [0.5, 0.6) is 0 Å². The van der Waals surface area contributed by atoms with E-state index in [1.165, 1.54) is 16.6 Å². The van der Waals surface area contributed by atoms with E-state index in [1.54, 1.807) is 6.92 Å². The molecule has 0 unspecified atom stereocenters. The fourth-order valence-electron chi connectivity index (χ4n) is 3.96. The highest BCUT2D eigenvalue weighted by molar-refractivity contribution is 7.89. The molecule has 31 heavy (non-hydrogen) atoms. The van der Waals surface area contributed by atoms with Crippen LogP contribution in [0.1, 0.15) is 51.2 Å². The minimum absolute atomic E-state index is 0.251. The van der Waals surface area contributed by atoms with Gasteiger partial charge in [-0.15, -0.1) is 0 Å². The molecule has 2 amide bonds. The lowest BCUT2D eigenvalue weighted by molar-refractivity contribution is -0.126. The topological polar surface area (TPSA) is 109 Å². The molecule has 1 fully saturated rings. The van der Waals surface area contributed by atoms with Gasteiger partial charge in [-0.1, -0.05) is 6.07 Å². The Morgan fingerprint density at radius 3 is 2.10 bits per heavy atom. The first kappa shape index (κ1) is 23.0. The third-order valence-electron chi connectivity index (χ3n) is 6.12. The minimum atomic E-state index is -3.66. The van der Waals surface area contributed by atoms with Crippen LogP contribution in [0, 0.1) is 40.5 Å². The molecule has 0 spiro atoms. The number of aryl methyl sites for hydroxylation is 3. The van der Waals surface area contributed by atoms with Gasteiger partial charge in [-0.25, -0.2) is 8.42 Å². The van der Waals surface area contributed by atoms with Gasteiger partial charge < -0.3 is 4.42 Å². The summed E-state index contributed by atoms with van der Waals surface area (Å²) >= 11 is 0. The highest BCUT2D eigenvalue weighted by atomic mass is 32.2. The highest BCUT2D eigenvalue weighted by Crippen LogP contribution is 2.31. The Balaban J connectivity index is 1.63. The van der Waals surface area contributed by atoms with E-state index in [0.29, 0.717) is 29.1 Å². The van der Waals surface area contributed by atoms with E-state index in [4.69, 9.17) is 4.42 Å². The van der Waals surface area contributed by atoms with Crippen LogP contribution in [-0.2, 0) is 14.8 Å². The number of hydrogen-bond donors (Lipinski definition) is 2. The number of piperidine rings is 1. The third kappa shape index (κ3) is 4.52. The van der Waals surface area contributed by atoms with E-state index in [1.807, 2.05) is 33.8 Å². The Bertz CT molecular complexity index is 1090. The van der Waals surface area contributed by atoms with Gasteiger partial charge in [0.15, 0.2) is 0 Å². The number of carbonyl (C=O) groups is 2. The van der Waals surface area contributed by atoms with Crippen molar-refractivity contribution in [2.24, 2.45) is 5.92 Å². The van der Waals surface area contributed by atoms with Crippen molar-refractivity contribution in [2.45, 2.75) is 52.4 Å². The molecule has 0 aliphatic carbocycles.